The lowest BCUT2D eigenvalue weighted by Gasteiger charge is -1.98. The van der Waals surface area contributed by atoms with Crippen LogP contribution in [0.1, 0.15) is 23.3 Å². The summed E-state index contributed by atoms with van der Waals surface area (Å²) >= 11 is 0. The standard InChI is InChI=1S/C13H16N2O3S/c1-15-11-7-4-3-6-10(11)13(14-15)12(16)8-5-9-19(2,17)18/h3-4,6-7H,5,8-9H2,1-2H3. The molecule has 0 atom stereocenters. The van der Waals surface area contributed by atoms with Crippen molar-refractivity contribution < 1.29 is 13.2 Å². The summed E-state index contributed by atoms with van der Waals surface area (Å²) in [7, 11) is -1.23. The number of ketones is 1. The SMILES string of the molecule is Cn1nc(C(=O)CCCS(C)(=O)=O)c2ccccc21. The van der Waals surface area contributed by atoms with Gasteiger partial charge in [-0.15, -0.1) is 0 Å². The number of Topliss-reactive ketones (excluding diaryl/α,β-unsaturated/α-hetero) is 1. The predicted molar refractivity (Wildman–Crippen MR) is 74.0 cm³/mol. The molecule has 5 nitrogen and oxygen atoms in total. The van der Waals surface area contributed by atoms with Gasteiger partial charge in [0.15, 0.2) is 5.78 Å². The Hall–Kier alpha value is -1.69. The molecule has 1 heterocycles. The quantitative estimate of drug-likeness (QED) is 0.780. The highest BCUT2D eigenvalue weighted by Crippen LogP contribution is 2.19. The van der Waals surface area contributed by atoms with Crippen LogP contribution in [0.4, 0.5) is 0 Å². The highest BCUT2D eigenvalue weighted by atomic mass is 32.2. The zero-order valence-electron chi connectivity index (χ0n) is 11.0. The molecule has 0 aliphatic heterocycles. The fraction of sp³-hybridized carbons (Fsp3) is 0.385. The number of aryl methyl sites for hydroxylation is 1. The average molecular weight is 280 g/mol. The van der Waals surface area contributed by atoms with Crippen LogP contribution in [-0.2, 0) is 16.9 Å². The van der Waals surface area contributed by atoms with Crippen molar-refractivity contribution in [2.75, 3.05) is 12.0 Å². The van der Waals surface area contributed by atoms with Gasteiger partial charge in [0, 0.05) is 25.1 Å². The van der Waals surface area contributed by atoms with Crippen molar-refractivity contribution in [2.45, 2.75) is 12.8 Å². The average Bonchev–Trinajstić information content (AvgIpc) is 2.66. The molecule has 6 heteroatoms. The van der Waals surface area contributed by atoms with Gasteiger partial charge in [-0.2, -0.15) is 5.10 Å². The Kier molecular flexibility index (Phi) is 3.71. The van der Waals surface area contributed by atoms with E-state index in [1.807, 2.05) is 24.3 Å². The molecule has 0 radical (unpaired) electrons. The number of aromatic nitrogens is 2. The van der Waals surface area contributed by atoms with Crippen molar-refractivity contribution in [3.63, 3.8) is 0 Å². The molecule has 2 aromatic rings. The van der Waals surface area contributed by atoms with Crippen LogP contribution >= 0.6 is 0 Å². The van der Waals surface area contributed by atoms with E-state index < -0.39 is 9.84 Å². The molecule has 0 spiro atoms. The molecular formula is C13H16N2O3S. The van der Waals surface area contributed by atoms with Gasteiger partial charge in [-0.05, 0) is 12.5 Å². The predicted octanol–water partition coefficient (Wildman–Crippen LogP) is 1.58. The van der Waals surface area contributed by atoms with E-state index in [0.29, 0.717) is 12.1 Å². The summed E-state index contributed by atoms with van der Waals surface area (Å²) < 4.78 is 23.7. The first kappa shape index (κ1) is 13.7. The molecule has 0 saturated carbocycles. The lowest BCUT2D eigenvalue weighted by molar-refractivity contribution is 0.0978. The zero-order valence-corrected chi connectivity index (χ0v) is 11.8. The van der Waals surface area contributed by atoms with E-state index in [1.165, 1.54) is 6.26 Å². The van der Waals surface area contributed by atoms with Gasteiger partial charge >= 0.3 is 0 Å². The first-order valence-corrected chi connectivity index (χ1v) is 8.07. The topological polar surface area (TPSA) is 69.0 Å². The summed E-state index contributed by atoms with van der Waals surface area (Å²) in [5.41, 5.74) is 1.32. The van der Waals surface area contributed by atoms with Crippen molar-refractivity contribution in [3.8, 4) is 0 Å². The maximum atomic E-state index is 12.1. The highest BCUT2D eigenvalue weighted by Gasteiger charge is 2.15. The maximum Gasteiger partial charge on any atom is 0.183 e. The third-order valence-electron chi connectivity index (χ3n) is 2.94. The first-order chi connectivity index (χ1) is 8.88. The van der Waals surface area contributed by atoms with Gasteiger partial charge in [-0.25, -0.2) is 8.42 Å². The van der Waals surface area contributed by atoms with Gasteiger partial charge in [0.2, 0.25) is 0 Å². The molecule has 0 bridgehead atoms. The number of hydrogen-bond acceptors (Lipinski definition) is 4. The van der Waals surface area contributed by atoms with Crippen molar-refractivity contribution in [1.82, 2.24) is 9.78 Å². The van der Waals surface area contributed by atoms with Crippen molar-refractivity contribution in [2.24, 2.45) is 7.05 Å². The third kappa shape index (κ3) is 3.20. The number of benzene rings is 1. The normalized spacial score (nSPS) is 11.9. The van der Waals surface area contributed by atoms with Crippen LogP contribution in [0.15, 0.2) is 24.3 Å². The van der Waals surface area contributed by atoms with Gasteiger partial charge in [-0.1, -0.05) is 18.2 Å². The fourth-order valence-corrected chi connectivity index (χ4v) is 2.70. The molecule has 0 fully saturated rings. The molecule has 0 unspecified atom stereocenters. The summed E-state index contributed by atoms with van der Waals surface area (Å²) in [5.74, 6) is -0.0794. The molecule has 0 aliphatic carbocycles. The van der Waals surface area contributed by atoms with E-state index in [2.05, 4.69) is 5.10 Å². The van der Waals surface area contributed by atoms with E-state index in [9.17, 15) is 13.2 Å². The summed E-state index contributed by atoms with van der Waals surface area (Å²) in [6.07, 6.45) is 1.71. The van der Waals surface area contributed by atoms with Crippen LogP contribution in [-0.4, -0.2) is 36.0 Å². The lowest BCUT2D eigenvalue weighted by atomic mass is 10.1. The Balaban J connectivity index is 2.18. The van der Waals surface area contributed by atoms with E-state index in [4.69, 9.17) is 0 Å². The second-order valence-electron chi connectivity index (χ2n) is 4.65. The van der Waals surface area contributed by atoms with Crippen LogP contribution in [0.5, 0.6) is 0 Å². The van der Waals surface area contributed by atoms with Crippen LogP contribution in [0, 0.1) is 0 Å². The number of sulfone groups is 1. The Bertz CT molecular complexity index is 717. The van der Waals surface area contributed by atoms with Crippen LogP contribution in [0.25, 0.3) is 10.9 Å². The molecule has 0 saturated heterocycles. The van der Waals surface area contributed by atoms with Gasteiger partial charge < -0.3 is 0 Å². The second-order valence-corrected chi connectivity index (χ2v) is 6.91. The molecule has 2 rings (SSSR count). The largest absolute Gasteiger partial charge is 0.292 e. The van der Waals surface area contributed by atoms with Gasteiger partial charge in [0.25, 0.3) is 0 Å². The number of carbonyl (C=O) groups excluding carboxylic acids is 1. The minimum absolute atomic E-state index is 0.0313. The van der Waals surface area contributed by atoms with Gasteiger partial charge in [0.1, 0.15) is 15.5 Å². The minimum atomic E-state index is -3.02. The van der Waals surface area contributed by atoms with E-state index in [1.54, 1.807) is 11.7 Å². The highest BCUT2D eigenvalue weighted by molar-refractivity contribution is 7.90. The second kappa shape index (κ2) is 5.13. The van der Waals surface area contributed by atoms with Crippen LogP contribution in [0.2, 0.25) is 0 Å². The van der Waals surface area contributed by atoms with Crippen molar-refractivity contribution in [3.05, 3.63) is 30.0 Å². The number of carbonyl (C=O) groups is 1. The first-order valence-electron chi connectivity index (χ1n) is 6.01. The summed E-state index contributed by atoms with van der Waals surface area (Å²) in [6, 6.07) is 7.50. The Labute approximate surface area is 112 Å². The van der Waals surface area contributed by atoms with Crippen molar-refractivity contribution in [1.29, 1.82) is 0 Å². The molecule has 0 aliphatic rings. The molecule has 1 aromatic heterocycles. The molecule has 0 amide bonds. The Morgan fingerprint density at radius 3 is 2.68 bits per heavy atom. The van der Waals surface area contributed by atoms with Crippen LogP contribution < -0.4 is 0 Å². The molecule has 0 N–H and O–H groups in total. The fourth-order valence-electron chi connectivity index (χ4n) is 2.03. The monoisotopic (exact) mass is 280 g/mol. The smallest absolute Gasteiger partial charge is 0.183 e. The minimum Gasteiger partial charge on any atom is -0.292 e. The lowest BCUT2D eigenvalue weighted by Crippen LogP contribution is -2.07. The summed E-state index contributed by atoms with van der Waals surface area (Å²) in [5, 5.41) is 5.04. The number of nitrogens with zero attached hydrogens (tertiary/aromatic N) is 2. The number of hydrogen-bond donors (Lipinski definition) is 0. The third-order valence-corrected chi connectivity index (χ3v) is 3.97. The maximum absolute atomic E-state index is 12.1. The van der Waals surface area contributed by atoms with Gasteiger partial charge in [0.05, 0.1) is 11.3 Å². The molecule has 19 heavy (non-hydrogen) atoms. The zero-order chi connectivity index (χ0) is 14.0. The summed E-state index contributed by atoms with van der Waals surface area (Å²) in [4.78, 5) is 12.1. The van der Waals surface area contributed by atoms with E-state index in [-0.39, 0.29) is 18.0 Å². The van der Waals surface area contributed by atoms with E-state index >= 15 is 0 Å². The van der Waals surface area contributed by atoms with Crippen LogP contribution in [0.3, 0.4) is 0 Å². The molecule has 102 valence electrons. The number of rotatable bonds is 5. The summed E-state index contributed by atoms with van der Waals surface area (Å²) in [6.45, 7) is 0. The number of para-hydroxylation sites is 1. The van der Waals surface area contributed by atoms with Crippen molar-refractivity contribution >= 4 is 26.5 Å². The molecule has 1 aromatic carbocycles. The number of fused-ring (bicyclic) bond motifs is 1. The van der Waals surface area contributed by atoms with Gasteiger partial charge in [-0.3, -0.25) is 9.48 Å². The molecular weight excluding hydrogens is 264 g/mol. The Morgan fingerprint density at radius 1 is 1.32 bits per heavy atom. The Morgan fingerprint density at radius 2 is 2.00 bits per heavy atom. The van der Waals surface area contributed by atoms with E-state index in [0.717, 1.165) is 10.9 Å².